The minimum atomic E-state index is -0.769. The Labute approximate surface area is 177 Å². The lowest BCUT2D eigenvalue weighted by Gasteiger charge is -2.20. The van der Waals surface area contributed by atoms with Crippen LogP contribution in [0.5, 0.6) is 0 Å². The summed E-state index contributed by atoms with van der Waals surface area (Å²) in [5.41, 5.74) is 1.47. The monoisotopic (exact) mass is 427 g/mol. The first-order valence-corrected chi connectivity index (χ1v) is 10.4. The highest BCUT2D eigenvalue weighted by Crippen LogP contribution is 2.27. The standard InChI is InChI=1S/C21H25N5O5/c27-16(13-1-3-15-12(9-13)2-5-19(29)23-15)4-6-18(28)22-14-7-8-26(11-14)17-10-20(30)25-21(31)24-17/h1,3,9-10,14,16,27H,2,4-8,11H2,(H,22,28)(H,23,29)(H2,24,25,30,31)/t14-,16?/m1/s1. The second kappa shape index (κ2) is 8.76. The number of hydrogen-bond donors (Lipinski definition) is 5. The maximum atomic E-state index is 12.4. The summed E-state index contributed by atoms with van der Waals surface area (Å²) in [6.07, 6.45) is 1.45. The van der Waals surface area contributed by atoms with Gasteiger partial charge in [-0.05, 0) is 36.5 Å². The number of nitrogens with zero attached hydrogens (tertiary/aromatic N) is 1. The SMILES string of the molecule is O=C1CCc2cc(C(O)CCC(=O)N[C@@H]3CCN(c4cc(=O)[nH]c(=O)[nH]4)C3)ccc2N1. The molecule has 1 aromatic carbocycles. The van der Waals surface area contributed by atoms with Gasteiger partial charge in [-0.25, -0.2) is 4.79 Å². The number of aryl methyl sites for hydroxylation is 1. The number of carbonyl (C=O) groups is 2. The maximum Gasteiger partial charge on any atom is 0.327 e. The van der Waals surface area contributed by atoms with E-state index in [-0.39, 0.29) is 30.7 Å². The van der Waals surface area contributed by atoms with Crippen molar-refractivity contribution in [2.45, 2.75) is 44.2 Å². The molecule has 0 bridgehead atoms. The average molecular weight is 427 g/mol. The second-order valence-electron chi connectivity index (χ2n) is 7.99. The van der Waals surface area contributed by atoms with E-state index < -0.39 is 17.4 Å². The van der Waals surface area contributed by atoms with Gasteiger partial charge >= 0.3 is 5.69 Å². The third-order valence-corrected chi connectivity index (χ3v) is 5.69. The first kappa shape index (κ1) is 20.9. The van der Waals surface area contributed by atoms with Crippen molar-refractivity contribution in [3.05, 3.63) is 56.2 Å². The number of aliphatic hydroxyl groups is 1. The van der Waals surface area contributed by atoms with Crippen LogP contribution >= 0.6 is 0 Å². The van der Waals surface area contributed by atoms with E-state index in [0.29, 0.717) is 38.2 Å². The minimum absolute atomic E-state index is 0.00614. The Bertz CT molecular complexity index is 1080. The molecule has 3 heterocycles. The number of aromatic nitrogens is 2. The third-order valence-electron chi connectivity index (χ3n) is 5.69. The topological polar surface area (TPSA) is 147 Å². The van der Waals surface area contributed by atoms with E-state index in [1.807, 2.05) is 11.0 Å². The van der Waals surface area contributed by atoms with Gasteiger partial charge < -0.3 is 20.6 Å². The van der Waals surface area contributed by atoms with Crippen LogP contribution in [0.25, 0.3) is 0 Å². The second-order valence-corrected chi connectivity index (χ2v) is 7.99. The number of carbonyl (C=O) groups excluding carboxylic acids is 2. The Balaban J connectivity index is 1.27. The average Bonchev–Trinajstić information content (AvgIpc) is 3.19. The highest BCUT2D eigenvalue weighted by Gasteiger charge is 2.25. The Hall–Kier alpha value is -3.40. The van der Waals surface area contributed by atoms with Gasteiger partial charge in [0, 0.05) is 43.7 Å². The zero-order chi connectivity index (χ0) is 22.0. The van der Waals surface area contributed by atoms with E-state index in [4.69, 9.17) is 0 Å². The highest BCUT2D eigenvalue weighted by molar-refractivity contribution is 5.93. The van der Waals surface area contributed by atoms with Crippen LogP contribution in [0.1, 0.15) is 42.9 Å². The number of fused-ring (bicyclic) bond motifs is 1. The molecule has 10 heteroatoms. The molecule has 10 nitrogen and oxygen atoms in total. The smallest absolute Gasteiger partial charge is 0.327 e. The maximum absolute atomic E-state index is 12.4. The van der Waals surface area contributed by atoms with Crippen molar-refractivity contribution >= 4 is 23.3 Å². The number of amides is 2. The van der Waals surface area contributed by atoms with Gasteiger partial charge in [-0.1, -0.05) is 12.1 Å². The molecule has 1 unspecified atom stereocenters. The van der Waals surface area contributed by atoms with Crippen LogP contribution in [-0.4, -0.2) is 46.0 Å². The van der Waals surface area contributed by atoms with E-state index in [9.17, 15) is 24.3 Å². The van der Waals surface area contributed by atoms with Crippen molar-refractivity contribution in [2.75, 3.05) is 23.3 Å². The number of aliphatic hydroxyl groups excluding tert-OH is 1. The molecule has 2 atom stereocenters. The molecular weight excluding hydrogens is 402 g/mol. The Kier molecular flexibility index (Phi) is 5.90. The first-order valence-electron chi connectivity index (χ1n) is 10.4. The van der Waals surface area contributed by atoms with Crippen molar-refractivity contribution in [3.63, 3.8) is 0 Å². The van der Waals surface area contributed by atoms with Gasteiger partial charge in [0.15, 0.2) is 0 Å². The molecule has 5 N–H and O–H groups in total. The fourth-order valence-electron chi connectivity index (χ4n) is 4.07. The van der Waals surface area contributed by atoms with E-state index in [2.05, 4.69) is 20.6 Å². The van der Waals surface area contributed by atoms with Crippen molar-refractivity contribution in [3.8, 4) is 0 Å². The molecule has 164 valence electrons. The third kappa shape index (κ3) is 5.02. The Morgan fingerprint density at radius 3 is 2.84 bits per heavy atom. The predicted octanol–water partition coefficient (Wildman–Crippen LogP) is 0.157. The molecule has 2 aliphatic heterocycles. The van der Waals surface area contributed by atoms with Gasteiger partial charge in [-0.15, -0.1) is 0 Å². The molecule has 0 saturated carbocycles. The van der Waals surface area contributed by atoms with Crippen LogP contribution < -0.4 is 26.8 Å². The summed E-state index contributed by atoms with van der Waals surface area (Å²) >= 11 is 0. The van der Waals surface area contributed by atoms with Crippen LogP contribution in [-0.2, 0) is 16.0 Å². The molecule has 2 aromatic rings. The van der Waals surface area contributed by atoms with Gasteiger partial charge in [0.05, 0.1) is 6.10 Å². The first-order chi connectivity index (χ1) is 14.9. The molecule has 4 rings (SSSR count). The molecule has 1 fully saturated rings. The lowest BCUT2D eigenvalue weighted by molar-refractivity contribution is -0.122. The summed E-state index contributed by atoms with van der Waals surface area (Å²) < 4.78 is 0. The number of rotatable bonds is 6. The number of nitrogens with one attached hydrogen (secondary N) is 4. The zero-order valence-corrected chi connectivity index (χ0v) is 16.9. The van der Waals surface area contributed by atoms with Gasteiger partial charge in [-0.3, -0.25) is 24.4 Å². The number of aromatic amines is 2. The molecule has 0 aliphatic carbocycles. The molecule has 1 aromatic heterocycles. The Morgan fingerprint density at radius 1 is 1.19 bits per heavy atom. The summed E-state index contributed by atoms with van der Waals surface area (Å²) in [4.78, 5) is 53.3. The van der Waals surface area contributed by atoms with E-state index in [1.54, 1.807) is 12.1 Å². The molecule has 1 saturated heterocycles. The van der Waals surface area contributed by atoms with Gasteiger partial charge in [0.2, 0.25) is 11.8 Å². The number of hydrogen-bond acceptors (Lipinski definition) is 6. The fraction of sp³-hybridized carbons (Fsp3) is 0.429. The minimum Gasteiger partial charge on any atom is -0.388 e. The number of anilines is 2. The van der Waals surface area contributed by atoms with Crippen LogP contribution in [0.3, 0.4) is 0 Å². The summed E-state index contributed by atoms with van der Waals surface area (Å²) in [5.74, 6) is 0.272. The van der Waals surface area contributed by atoms with E-state index in [0.717, 1.165) is 16.8 Å². The van der Waals surface area contributed by atoms with Crippen LogP contribution in [0.15, 0.2) is 33.9 Å². The normalized spacial score (nSPS) is 18.9. The summed E-state index contributed by atoms with van der Waals surface area (Å²) in [6, 6.07) is 6.67. The van der Waals surface area contributed by atoms with Crippen LogP contribution in [0, 0.1) is 0 Å². The summed E-state index contributed by atoms with van der Waals surface area (Å²) in [6.45, 7) is 1.10. The van der Waals surface area contributed by atoms with Crippen LogP contribution in [0.4, 0.5) is 11.5 Å². The molecule has 0 radical (unpaired) electrons. The van der Waals surface area contributed by atoms with Crippen molar-refractivity contribution in [2.24, 2.45) is 0 Å². The lowest BCUT2D eigenvalue weighted by Crippen LogP contribution is -2.37. The fourth-order valence-corrected chi connectivity index (χ4v) is 4.07. The van der Waals surface area contributed by atoms with E-state index in [1.165, 1.54) is 6.07 Å². The van der Waals surface area contributed by atoms with Crippen molar-refractivity contribution in [1.82, 2.24) is 15.3 Å². The van der Waals surface area contributed by atoms with Crippen molar-refractivity contribution < 1.29 is 14.7 Å². The largest absolute Gasteiger partial charge is 0.388 e. The van der Waals surface area contributed by atoms with Crippen molar-refractivity contribution in [1.29, 1.82) is 0 Å². The van der Waals surface area contributed by atoms with Gasteiger partial charge in [0.1, 0.15) is 5.82 Å². The molecule has 2 aliphatic rings. The van der Waals surface area contributed by atoms with E-state index >= 15 is 0 Å². The molecule has 0 spiro atoms. The quantitative estimate of drug-likeness (QED) is 0.444. The van der Waals surface area contributed by atoms with Gasteiger partial charge in [-0.2, -0.15) is 0 Å². The number of benzene rings is 1. The molecular formula is C21H25N5O5. The van der Waals surface area contributed by atoms with Gasteiger partial charge in [0.25, 0.3) is 5.56 Å². The zero-order valence-electron chi connectivity index (χ0n) is 16.9. The molecule has 31 heavy (non-hydrogen) atoms. The summed E-state index contributed by atoms with van der Waals surface area (Å²) in [7, 11) is 0. The highest BCUT2D eigenvalue weighted by atomic mass is 16.3. The summed E-state index contributed by atoms with van der Waals surface area (Å²) in [5, 5.41) is 16.2. The molecule has 2 amide bonds. The lowest BCUT2D eigenvalue weighted by atomic mass is 9.96. The number of H-pyrrole nitrogens is 2. The predicted molar refractivity (Wildman–Crippen MR) is 114 cm³/mol. The Morgan fingerprint density at radius 2 is 2.03 bits per heavy atom. The van der Waals surface area contributed by atoms with Crippen LogP contribution in [0.2, 0.25) is 0 Å².